The van der Waals surface area contributed by atoms with Gasteiger partial charge in [0.25, 0.3) is 0 Å². The lowest BCUT2D eigenvalue weighted by molar-refractivity contribution is 0.120. The fourth-order valence-corrected chi connectivity index (χ4v) is 4.31. The van der Waals surface area contributed by atoms with Gasteiger partial charge in [-0.2, -0.15) is 0 Å². The Morgan fingerprint density at radius 1 is 1.12 bits per heavy atom. The van der Waals surface area contributed by atoms with Crippen LogP contribution in [0.2, 0.25) is 0 Å². The van der Waals surface area contributed by atoms with Gasteiger partial charge in [-0.25, -0.2) is 13.1 Å². The fourth-order valence-electron chi connectivity index (χ4n) is 2.61. The van der Waals surface area contributed by atoms with Gasteiger partial charge < -0.3 is 10.4 Å². The van der Waals surface area contributed by atoms with E-state index in [0.29, 0.717) is 19.4 Å². The molecule has 6 heteroatoms. The van der Waals surface area contributed by atoms with Crippen molar-refractivity contribution in [2.75, 3.05) is 13.1 Å². The third kappa shape index (κ3) is 3.64. The summed E-state index contributed by atoms with van der Waals surface area (Å²) in [7, 11) is -3.19. The van der Waals surface area contributed by atoms with E-state index in [2.05, 4.69) is 10.0 Å². The molecule has 1 unspecified atom stereocenters. The molecule has 1 aliphatic carbocycles. The van der Waals surface area contributed by atoms with E-state index < -0.39 is 10.0 Å². The van der Waals surface area contributed by atoms with Crippen LogP contribution in [0.3, 0.4) is 0 Å². The second-order valence-corrected chi connectivity index (χ2v) is 7.13. The van der Waals surface area contributed by atoms with Crippen molar-refractivity contribution in [2.24, 2.45) is 0 Å². The summed E-state index contributed by atoms with van der Waals surface area (Å²) in [5.74, 6) is 0. The lowest BCUT2D eigenvalue weighted by atomic mass is 9.94. The molecule has 2 rings (SSSR count). The van der Waals surface area contributed by atoms with Gasteiger partial charge in [-0.05, 0) is 45.1 Å². The van der Waals surface area contributed by atoms with Crippen LogP contribution in [0.4, 0.5) is 0 Å². The Bertz CT molecular complexity index is 331. The Kier molecular flexibility index (Phi) is 4.41. The first-order chi connectivity index (χ1) is 8.08. The standard InChI is InChI=1S/C11H22N2O3S/c14-10-5-3-9(4-6-10)13-17(15,16)11-2-1-7-12-8-11/h9-14H,1-8H2. The van der Waals surface area contributed by atoms with Gasteiger partial charge in [0.15, 0.2) is 0 Å². The Balaban J connectivity index is 1.88. The largest absolute Gasteiger partial charge is 0.393 e. The van der Waals surface area contributed by atoms with Crippen LogP contribution in [0.5, 0.6) is 0 Å². The molecule has 5 nitrogen and oxygen atoms in total. The zero-order chi connectivity index (χ0) is 12.3. The number of hydrogen-bond acceptors (Lipinski definition) is 4. The first kappa shape index (κ1) is 13.3. The van der Waals surface area contributed by atoms with Gasteiger partial charge in [0, 0.05) is 12.6 Å². The molecule has 17 heavy (non-hydrogen) atoms. The van der Waals surface area contributed by atoms with Crippen LogP contribution >= 0.6 is 0 Å². The minimum Gasteiger partial charge on any atom is -0.393 e. The van der Waals surface area contributed by atoms with Crippen molar-refractivity contribution in [3.63, 3.8) is 0 Å². The van der Waals surface area contributed by atoms with Crippen molar-refractivity contribution in [3.8, 4) is 0 Å². The molecule has 1 saturated carbocycles. The van der Waals surface area contributed by atoms with Crippen LogP contribution in [-0.2, 0) is 10.0 Å². The molecule has 0 bridgehead atoms. The maximum absolute atomic E-state index is 12.1. The molecule has 0 radical (unpaired) electrons. The fraction of sp³-hybridized carbons (Fsp3) is 1.00. The van der Waals surface area contributed by atoms with Crippen LogP contribution < -0.4 is 10.0 Å². The monoisotopic (exact) mass is 262 g/mol. The van der Waals surface area contributed by atoms with E-state index in [0.717, 1.165) is 32.2 Å². The molecule has 0 spiro atoms. The molecule has 3 N–H and O–H groups in total. The molecule has 0 aromatic carbocycles. The highest BCUT2D eigenvalue weighted by atomic mass is 32.2. The average Bonchev–Trinajstić information content (AvgIpc) is 2.33. The summed E-state index contributed by atoms with van der Waals surface area (Å²) in [6.07, 6.45) is 4.34. The molecule has 1 atom stereocenters. The minimum atomic E-state index is -3.19. The molecule has 2 fully saturated rings. The summed E-state index contributed by atoms with van der Waals surface area (Å²) in [4.78, 5) is 0. The third-order valence-corrected chi connectivity index (χ3v) is 5.66. The predicted molar refractivity (Wildman–Crippen MR) is 66.2 cm³/mol. The molecule has 0 amide bonds. The van der Waals surface area contributed by atoms with E-state index in [1.165, 1.54) is 0 Å². The first-order valence-electron chi connectivity index (χ1n) is 6.48. The van der Waals surface area contributed by atoms with Gasteiger partial charge in [-0.15, -0.1) is 0 Å². The van der Waals surface area contributed by atoms with E-state index in [-0.39, 0.29) is 17.4 Å². The van der Waals surface area contributed by atoms with Gasteiger partial charge in [-0.1, -0.05) is 0 Å². The number of aliphatic hydroxyl groups is 1. The highest BCUT2D eigenvalue weighted by Gasteiger charge is 2.30. The summed E-state index contributed by atoms with van der Waals surface area (Å²) in [5.41, 5.74) is 0. The van der Waals surface area contributed by atoms with Gasteiger partial charge in [-0.3, -0.25) is 0 Å². The van der Waals surface area contributed by atoms with E-state index in [4.69, 9.17) is 0 Å². The van der Waals surface area contributed by atoms with E-state index in [1.807, 2.05) is 0 Å². The van der Waals surface area contributed by atoms with Gasteiger partial charge in [0.1, 0.15) is 0 Å². The number of rotatable bonds is 3. The van der Waals surface area contributed by atoms with Crippen molar-refractivity contribution in [3.05, 3.63) is 0 Å². The molecule has 0 aromatic heterocycles. The Hall–Kier alpha value is -0.170. The average molecular weight is 262 g/mol. The molecule has 1 aliphatic heterocycles. The Morgan fingerprint density at radius 2 is 1.82 bits per heavy atom. The summed E-state index contributed by atoms with van der Waals surface area (Å²) in [6.45, 7) is 1.48. The second-order valence-electron chi connectivity index (χ2n) is 5.14. The molecule has 2 aliphatic rings. The predicted octanol–water partition coefficient (Wildman–Crippen LogP) is -0.0387. The highest BCUT2D eigenvalue weighted by Crippen LogP contribution is 2.20. The van der Waals surface area contributed by atoms with Crippen LogP contribution in [0.15, 0.2) is 0 Å². The lowest BCUT2D eigenvalue weighted by Crippen LogP contribution is -2.48. The molecule has 0 aromatic rings. The normalized spacial score (nSPS) is 35.7. The smallest absolute Gasteiger partial charge is 0.215 e. The van der Waals surface area contributed by atoms with Crippen LogP contribution in [0.25, 0.3) is 0 Å². The maximum atomic E-state index is 12.1. The van der Waals surface area contributed by atoms with Crippen molar-refractivity contribution >= 4 is 10.0 Å². The molecular weight excluding hydrogens is 240 g/mol. The zero-order valence-corrected chi connectivity index (χ0v) is 10.9. The van der Waals surface area contributed by atoms with Crippen molar-refractivity contribution < 1.29 is 13.5 Å². The van der Waals surface area contributed by atoms with Crippen LogP contribution in [-0.4, -0.2) is 44.0 Å². The minimum absolute atomic E-state index is 0.0188. The summed E-state index contributed by atoms with van der Waals surface area (Å²) < 4.78 is 27.1. The number of piperidine rings is 1. The zero-order valence-electron chi connectivity index (χ0n) is 10.1. The van der Waals surface area contributed by atoms with Gasteiger partial charge >= 0.3 is 0 Å². The van der Waals surface area contributed by atoms with Crippen molar-refractivity contribution in [2.45, 2.75) is 55.9 Å². The third-order valence-electron chi connectivity index (χ3n) is 3.72. The van der Waals surface area contributed by atoms with Crippen LogP contribution in [0.1, 0.15) is 38.5 Å². The summed E-state index contributed by atoms with van der Waals surface area (Å²) in [6, 6.07) is 0.0188. The quantitative estimate of drug-likeness (QED) is 0.667. The molecule has 100 valence electrons. The topological polar surface area (TPSA) is 78.4 Å². The Labute approximate surface area is 103 Å². The number of sulfonamides is 1. The molecular formula is C11H22N2O3S. The summed E-state index contributed by atoms with van der Waals surface area (Å²) in [5, 5.41) is 12.2. The Morgan fingerprint density at radius 3 is 2.41 bits per heavy atom. The molecule has 1 saturated heterocycles. The summed E-state index contributed by atoms with van der Waals surface area (Å²) >= 11 is 0. The number of hydrogen-bond donors (Lipinski definition) is 3. The molecule has 1 heterocycles. The number of nitrogens with one attached hydrogen (secondary N) is 2. The van der Waals surface area contributed by atoms with Gasteiger partial charge in [0.2, 0.25) is 10.0 Å². The van der Waals surface area contributed by atoms with Crippen molar-refractivity contribution in [1.82, 2.24) is 10.0 Å². The van der Waals surface area contributed by atoms with Crippen LogP contribution in [0, 0.1) is 0 Å². The number of aliphatic hydroxyl groups excluding tert-OH is 1. The van der Waals surface area contributed by atoms with Gasteiger partial charge in [0.05, 0.1) is 11.4 Å². The first-order valence-corrected chi connectivity index (χ1v) is 8.02. The van der Waals surface area contributed by atoms with E-state index in [1.54, 1.807) is 0 Å². The van der Waals surface area contributed by atoms with Crippen molar-refractivity contribution in [1.29, 1.82) is 0 Å². The second kappa shape index (κ2) is 5.65. The highest BCUT2D eigenvalue weighted by molar-refractivity contribution is 7.90. The SMILES string of the molecule is O=S(=O)(NC1CCC(O)CC1)C1CCCNC1. The lowest BCUT2D eigenvalue weighted by Gasteiger charge is -2.29. The van der Waals surface area contributed by atoms with E-state index >= 15 is 0 Å². The maximum Gasteiger partial charge on any atom is 0.215 e. The van der Waals surface area contributed by atoms with E-state index in [9.17, 15) is 13.5 Å².